The van der Waals surface area contributed by atoms with E-state index in [0.717, 1.165) is 19.5 Å². The first-order chi connectivity index (χ1) is 14.1. The highest BCUT2D eigenvalue weighted by atomic mass is 16.4. The highest BCUT2D eigenvalue weighted by Gasteiger charge is 2.25. The van der Waals surface area contributed by atoms with Crippen LogP contribution < -0.4 is 11.1 Å². The van der Waals surface area contributed by atoms with E-state index in [-0.39, 0.29) is 5.91 Å². The molecule has 6 heteroatoms. The second-order valence-electron chi connectivity index (χ2n) is 7.73. The number of hydrogen-bond donors (Lipinski definition) is 1. The van der Waals surface area contributed by atoms with E-state index in [2.05, 4.69) is 34.5 Å². The number of carbonyl (C=O) groups excluding carboxylic acids is 1. The molecular formula is C23H27N3O3. The molecule has 3 aromatic rings. The summed E-state index contributed by atoms with van der Waals surface area (Å²) < 4.78 is 6.69. The third-order valence-electron chi connectivity index (χ3n) is 5.77. The SMILES string of the molecule is CC(C(=O)NCC1CCCCN1Cc1ccccc1)n1c(=O)oc2ccccc21. The van der Waals surface area contributed by atoms with Crippen LogP contribution in [0.15, 0.2) is 63.8 Å². The van der Waals surface area contributed by atoms with Gasteiger partial charge in [-0.15, -0.1) is 0 Å². The lowest BCUT2D eigenvalue weighted by molar-refractivity contribution is -0.124. The first kappa shape index (κ1) is 19.5. The van der Waals surface area contributed by atoms with Crippen molar-refractivity contribution in [2.45, 2.75) is 44.8 Å². The summed E-state index contributed by atoms with van der Waals surface area (Å²) >= 11 is 0. The summed E-state index contributed by atoms with van der Waals surface area (Å²) in [4.78, 5) is 27.5. The van der Waals surface area contributed by atoms with Crippen molar-refractivity contribution in [3.63, 3.8) is 0 Å². The molecule has 2 aromatic carbocycles. The number of benzene rings is 2. The fourth-order valence-electron chi connectivity index (χ4n) is 4.15. The number of carbonyl (C=O) groups is 1. The third kappa shape index (κ3) is 4.27. The van der Waals surface area contributed by atoms with Crippen LogP contribution in [0.5, 0.6) is 0 Å². The monoisotopic (exact) mass is 393 g/mol. The van der Waals surface area contributed by atoms with E-state index >= 15 is 0 Å². The van der Waals surface area contributed by atoms with Gasteiger partial charge >= 0.3 is 5.76 Å². The zero-order valence-electron chi connectivity index (χ0n) is 16.7. The first-order valence-corrected chi connectivity index (χ1v) is 10.3. The molecule has 0 aliphatic carbocycles. The van der Waals surface area contributed by atoms with Crippen LogP contribution in [0, 0.1) is 0 Å². The fraction of sp³-hybridized carbons (Fsp3) is 0.391. The predicted molar refractivity (Wildman–Crippen MR) is 113 cm³/mol. The average Bonchev–Trinajstić information content (AvgIpc) is 3.08. The van der Waals surface area contributed by atoms with Gasteiger partial charge in [0.25, 0.3) is 0 Å². The van der Waals surface area contributed by atoms with E-state index in [1.54, 1.807) is 19.1 Å². The van der Waals surface area contributed by atoms with Crippen LogP contribution in [0.1, 0.15) is 37.8 Å². The Kier molecular flexibility index (Phi) is 5.81. The third-order valence-corrected chi connectivity index (χ3v) is 5.77. The molecular weight excluding hydrogens is 366 g/mol. The minimum absolute atomic E-state index is 0.163. The maximum absolute atomic E-state index is 12.8. The minimum atomic E-state index is -0.627. The number of aromatic nitrogens is 1. The second kappa shape index (κ2) is 8.66. The van der Waals surface area contributed by atoms with Crippen LogP contribution in [0.2, 0.25) is 0 Å². The van der Waals surface area contributed by atoms with Gasteiger partial charge in [0, 0.05) is 19.1 Å². The second-order valence-corrected chi connectivity index (χ2v) is 7.73. The van der Waals surface area contributed by atoms with Gasteiger partial charge in [-0.1, -0.05) is 48.9 Å². The summed E-state index contributed by atoms with van der Waals surface area (Å²) in [5.74, 6) is -0.666. The zero-order valence-corrected chi connectivity index (χ0v) is 16.7. The van der Waals surface area contributed by atoms with Crippen LogP contribution in [0.3, 0.4) is 0 Å². The van der Waals surface area contributed by atoms with Crippen LogP contribution in [-0.4, -0.2) is 34.5 Å². The van der Waals surface area contributed by atoms with Crippen LogP contribution in [-0.2, 0) is 11.3 Å². The molecule has 0 radical (unpaired) electrons. The Morgan fingerprint density at radius 3 is 2.72 bits per heavy atom. The van der Waals surface area contributed by atoms with Crippen molar-refractivity contribution in [3.8, 4) is 0 Å². The van der Waals surface area contributed by atoms with Crippen molar-refractivity contribution < 1.29 is 9.21 Å². The topological polar surface area (TPSA) is 67.5 Å². The molecule has 2 heterocycles. The minimum Gasteiger partial charge on any atom is -0.408 e. The number of fused-ring (bicyclic) bond motifs is 1. The summed E-state index contributed by atoms with van der Waals surface area (Å²) in [7, 11) is 0. The number of nitrogens with zero attached hydrogens (tertiary/aromatic N) is 2. The normalized spacial score (nSPS) is 18.6. The molecule has 1 amide bonds. The van der Waals surface area contributed by atoms with Crippen molar-refractivity contribution in [2.75, 3.05) is 13.1 Å². The summed E-state index contributed by atoms with van der Waals surface area (Å²) in [6, 6.07) is 17.3. The van der Waals surface area contributed by atoms with E-state index in [1.165, 1.54) is 23.0 Å². The van der Waals surface area contributed by atoms with Crippen LogP contribution >= 0.6 is 0 Å². The lowest BCUT2D eigenvalue weighted by Gasteiger charge is -2.36. The van der Waals surface area contributed by atoms with E-state index in [9.17, 15) is 9.59 Å². The maximum atomic E-state index is 12.8. The molecule has 2 atom stereocenters. The molecule has 29 heavy (non-hydrogen) atoms. The average molecular weight is 393 g/mol. The van der Waals surface area contributed by atoms with Gasteiger partial charge in [0.05, 0.1) is 5.52 Å². The maximum Gasteiger partial charge on any atom is 0.420 e. The quantitative estimate of drug-likeness (QED) is 0.698. The molecule has 0 spiro atoms. The Hall–Kier alpha value is -2.86. The number of rotatable bonds is 6. The van der Waals surface area contributed by atoms with Gasteiger partial charge in [-0.2, -0.15) is 0 Å². The van der Waals surface area contributed by atoms with Gasteiger partial charge in [-0.25, -0.2) is 4.79 Å². The number of oxazole rings is 1. The molecule has 2 unspecified atom stereocenters. The van der Waals surface area contributed by atoms with Gasteiger partial charge in [-0.3, -0.25) is 14.3 Å². The lowest BCUT2D eigenvalue weighted by Crippen LogP contribution is -2.47. The summed E-state index contributed by atoms with van der Waals surface area (Å²) in [5, 5.41) is 3.07. The summed E-state index contributed by atoms with van der Waals surface area (Å²) in [6.45, 7) is 4.25. The highest BCUT2D eigenvalue weighted by Crippen LogP contribution is 2.20. The number of amides is 1. The Balaban J connectivity index is 1.42. The molecule has 1 aliphatic rings. The van der Waals surface area contributed by atoms with Gasteiger partial charge < -0.3 is 9.73 Å². The lowest BCUT2D eigenvalue weighted by atomic mass is 10.0. The molecule has 1 fully saturated rings. The molecule has 4 rings (SSSR count). The van der Waals surface area contributed by atoms with E-state index < -0.39 is 11.8 Å². The molecule has 1 aromatic heterocycles. The Bertz CT molecular complexity index is 1020. The number of nitrogens with one attached hydrogen (secondary N) is 1. The first-order valence-electron chi connectivity index (χ1n) is 10.3. The largest absolute Gasteiger partial charge is 0.420 e. The molecule has 6 nitrogen and oxygen atoms in total. The van der Waals surface area contributed by atoms with Crippen LogP contribution in [0.25, 0.3) is 11.1 Å². The molecule has 1 N–H and O–H groups in total. The van der Waals surface area contributed by atoms with Crippen molar-refractivity contribution in [2.24, 2.45) is 0 Å². The van der Waals surface area contributed by atoms with Gasteiger partial charge in [0.15, 0.2) is 5.58 Å². The van der Waals surface area contributed by atoms with Gasteiger partial charge in [-0.05, 0) is 44.0 Å². The Labute approximate surface area is 170 Å². The van der Waals surface area contributed by atoms with E-state index in [4.69, 9.17) is 4.42 Å². The summed E-state index contributed by atoms with van der Waals surface area (Å²) in [5.41, 5.74) is 2.43. The summed E-state index contributed by atoms with van der Waals surface area (Å²) in [6.07, 6.45) is 3.42. The molecule has 1 saturated heterocycles. The number of hydrogen-bond acceptors (Lipinski definition) is 4. The van der Waals surface area contributed by atoms with Crippen molar-refractivity contribution >= 4 is 17.0 Å². The molecule has 1 aliphatic heterocycles. The highest BCUT2D eigenvalue weighted by molar-refractivity contribution is 5.82. The van der Waals surface area contributed by atoms with Crippen molar-refractivity contribution in [3.05, 3.63) is 70.7 Å². The Morgan fingerprint density at radius 1 is 1.14 bits per heavy atom. The molecule has 0 bridgehead atoms. The van der Waals surface area contributed by atoms with Crippen LogP contribution in [0.4, 0.5) is 0 Å². The Morgan fingerprint density at radius 2 is 1.90 bits per heavy atom. The number of likely N-dealkylation sites (tertiary alicyclic amines) is 1. The van der Waals surface area contributed by atoms with Crippen molar-refractivity contribution in [1.29, 1.82) is 0 Å². The number of para-hydroxylation sites is 2. The number of piperidine rings is 1. The molecule has 152 valence electrons. The van der Waals surface area contributed by atoms with Crippen molar-refractivity contribution in [1.82, 2.24) is 14.8 Å². The fourth-order valence-corrected chi connectivity index (χ4v) is 4.15. The molecule has 0 saturated carbocycles. The smallest absolute Gasteiger partial charge is 0.408 e. The van der Waals surface area contributed by atoms with E-state index in [0.29, 0.717) is 23.7 Å². The predicted octanol–water partition coefficient (Wildman–Crippen LogP) is 3.33. The van der Waals surface area contributed by atoms with Gasteiger partial charge in [0.1, 0.15) is 6.04 Å². The van der Waals surface area contributed by atoms with E-state index in [1.807, 2.05) is 18.2 Å². The standard InChI is InChI=1S/C23H27N3O3/c1-17(26-20-12-5-6-13-21(20)29-23(26)28)22(27)24-15-19-11-7-8-14-25(19)16-18-9-3-2-4-10-18/h2-6,9-10,12-13,17,19H,7-8,11,14-16H2,1H3,(H,24,27). The zero-order chi connectivity index (χ0) is 20.2. The van der Waals surface area contributed by atoms with Gasteiger partial charge in [0.2, 0.25) is 5.91 Å².